The lowest BCUT2D eigenvalue weighted by molar-refractivity contribution is -0.133. The fourth-order valence-electron chi connectivity index (χ4n) is 2.52. The van der Waals surface area contributed by atoms with E-state index < -0.39 is 0 Å². The number of nitrogens with zero attached hydrogens (tertiary/aromatic N) is 1. The summed E-state index contributed by atoms with van der Waals surface area (Å²) in [6.45, 7) is 9.35. The molecule has 1 aromatic carbocycles. The number of benzene rings is 1. The Kier molecular flexibility index (Phi) is 7.27. The van der Waals surface area contributed by atoms with E-state index in [-0.39, 0.29) is 17.9 Å². The molecule has 0 aliphatic carbocycles. The standard InChI is InChI=1S/C18H30N2O/c1-5-6-7-12-20(14(2)3)18(21)13-15(4)16-8-10-17(19)11-9-16/h8-11,14-15H,5-7,12-13,19H2,1-4H3. The fourth-order valence-corrected chi connectivity index (χ4v) is 2.52. The Hall–Kier alpha value is -1.51. The summed E-state index contributed by atoms with van der Waals surface area (Å²) in [5, 5.41) is 0. The predicted molar refractivity (Wildman–Crippen MR) is 90.3 cm³/mol. The molecule has 1 amide bonds. The molecule has 1 aromatic rings. The van der Waals surface area contributed by atoms with E-state index in [1.807, 2.05) is 29.2 Å². The van der Waals surface area contributed by atoms with Crippen molar-refractivity contribution in [3.8, 4) is 0 Å². The van der Waals surface area contributed by atoms with Crippen molar-refractivity contribution in [2.75, 3.05) is 12.3 Å². The predicted octanol–water partition coefficient (Wildman–Crippen LogP) is 4.19. The third-order valence-corrected chi connectivity index (χ3v) is 3.93. The highest BCUT2D eigenvalue weighted by Gasteiger charge is 2.19. The van der Waals surface area contributed by atoms with Crippen LogP contribution in [0.25, 0.3) is 0 Å². The lowest BCUT2D eigenvalue weighted by Crippen LogP contribution is -2.38. The van der Waals surface area contributed by atoms with Crippen molar-refractivity contribution in [2.45, 2.75) is 65.3 Å². The average Bonchev–Trinajstić information content (AvgIpc) is 2.43. The van der Waals surface area contributed by atoms with Crippen molar-refractivity contribution in [3.63, 3.8) is 0 Å². The topological polar surface area (TPSA) is 46.3 Å². The summed E-state index contributed by atoms with van der Waals surface area (Å²) in [6, 6.07) is 8.11. The van der Waals surface area contributed by atoms with Crippen molar-refractivity contribution in [2.24, 2.45) is 0 Å². The quantitative estimate of drug-likeness (QED) is 0.576. The molecule has 0 radical (unpaired) electrons. The first-order valence-corrected chi connectivity index (χ1v) is 8.10. The van der Waals surface area contributed by atoms with Crippen LogP contribution in [0.1, 0.15) is 64.9 Å². The van der Waals surface area contributed by atoms with E-state index in [4.69, 9.17) is 5.73 Å². The average molecular weight is 290 g/mol. The van der Waals surface area contributed by atoms with Crippen LogP contribution in [0.5, 0.6) is 0 Å². The molecule has 3 heteroatoms. The number of carbonyl (C=O) groups excluding carboxylic acids is 1. The van der Waals surface area contributed by atoms with Crippen molar-refractivity contribution in [3.05, 3.63) is 29.8 Å². The molecule has 118 valence electrons. The molecule has 3 nitrogen and oxygen atoms in total. The highest BCUT2D eigenvalue weighted by atomic mass is 16.2. The molecule has 1 atom stereocenters. The number of rotatable bonds is 8. The van der Waals surface area contributed by atoms with Gasteiger partial charge in [-0.05, 0) is 43.9 Å². The molecule has 0 bridgehead atoms. The monoisotopic (exact) mass is 290 g/mol. The maximum absolute atomic E-state index is 12.5. The SMILES string of the molecule is CCCCCN(C(=O)CC(C)c1ccc(N)cc1)C(C)C. The number of amides is 1. The van der Waals surface area contributed by atoms with Crippen LogP contribution in [0.2, 0.25) is 0 Å². The summed E-state index contributed by atoms with van der Waals surface area (Å²) >= 11 is 0. The maximum atomic E-state index is 12.5. The molecule has 0 spiro atoms. The zero-order valence-electron chi connectivity index (χ0n) is 13.9. The minimum absolute atomic E-state index is 0.227. The van der Waals surface area contributed by atoms with Crippen molar-refractivity contribution < 1.29 is 4.79 Å². The Balaban J connectivity index is 2.61. The van der Waals surface area contributed by atoms with Crippen LogP contribution in [0.15, 0.2) is 24.3 Å². The van der Waals surface area contributed by atoms with E-state index in [1.54, 1.807) is 0 Å². The molecule has 0 heterocycles. The highest BCUT2D eigenvalue weighted by Crippen LogP contribution is 2.22. The molecule has 0 saturated carbocycles. The molecule has 0 fully saturated rings. The van der Waals surface area contributed by atoms with Gasteiger partial charge in [-0.25, -0.2) is 0 Å². The number of hydrogen-bond donors (Lipinski definition) is 1. The third kappa shape index (κ3) is 5.78. The van der Waals surface area contributed by atoms with Gasteiger partial charge < -0.3 is 10.6 Å². The highest BCUT2D eigenvalue weighted by molar-refractivity contribution is 5.77. The van der Waals surface area contributed by atoms with Gasteiger partial charge >= 0.3 is 0 Å². The van der Waals surface area contributed by atoms with Crippen LogP contribution in [0, 0.1) is 0 Å². The summed E-state index contributed by atoms with van der Waals surface area (Å²) < 4.78 is 0. The summed E-state index contributed by atoms with van der Waals surface area (Å²) in [7, 11) is 0. The van der Waals surface area contributed by atoms with Gasteiger partial charge in [-0.15, -0.1) is 0 Å². The maximum Gasteiger partial charge on any atom is 0.223 e. The largest absolute Gasteiger partial charge is 0.399 e. The van der Waals surface area contributed by atoms with Crippen LogP contribution in [0.4, 0.5) is 5.69 Å². The Labute approximate surface area is 129 Å². The zero-order valence-corrected chi connectivity index (χ0v) is 13.9. The summed E-state index contributed by atoms with van der Waals surface area (Å²) in [4.78, 5) is 14.5. The number of unbranched alkanes of at least 4 members (excludes halogenated alkanes) is 2. The molecule has 21 heavy (non-hydrogen) atoms. The molecule has 1 rings (SSSR count). The molecule has 0 aliphatic rings. The van der Waals surface area contributed by atoms with Gasteiger partial charge in [0.1, 0.15) is 0 Å². The minimum Gasteiger partial charge on any atom is -0.399 e. The second kappa shape index (κ2) is 8.71. The van der Waals surface area contributed by atoms with Crippen molar-refractivity contribution in [1.29, 1.82) is 0 Å². The Morgan fingerprint density at radius 2 is 1.76 bits per heavy atom. The Bertz CT molecular complexity index is 425. The van der Waals surface area contributed by atoms with Gasteiger partial charge in [0, 0.05) is 24.7 Å². The molecular formula is C18H30N2O. The second-order valence-electron chi connectivity index (χ2n) is 6.16. The number of nitrogens with two attached hydrogens (primary N) is 1. The summed E-state index contributed by atoms with van der Waals surface area (Å²) in [6.07, 6.45) is 4.02. The number of nitrogen functional groups attached to an aromatic ring is 1. The molecule has 0 aliphatic heterocycles. The van der Waals surface area contributed by atoms with Crippen molar-refractivity contribution >= 4 is 11.6 Å². The first-order valence-electron chi connectivity index (χ1n) is 8.10. The number of hydrogen-bond acceptors (Lipinski definition) is 2. The molecule has 0 aromatic heterocycles. The van der Waals surface area contributed by atoms with Crippen LogP contribution in [-0.4, -0.2) is 23.4 Å². The van der Waals surface area contributed by atoms with Crippen molar-refractivity contribution in [1.82, 2.24) is 4.90 Å². The second-order valence-corrected chi connectivity index (χ2v) is 6.16. The Morgan fingerprint density at radius 3 is 2.29 bits per heavy atom. The van der Waals surface area contributed by atoms with E-state index in [2.05, 4.69) is 27.7 Å². The van der Waals surface area contributed by atoms with Gasteiger partial charge in [-0.2, -0.15) is 0 Å². The fraction of sp³-hybridized carbons (Fsp3) is 0.611. The van der Waals surface area contributed by atoms with Crippen LogP contribution < -0.4 is 5.73 Å². The zero-order chi connectivity index (χ0) is 15.8. The van der Waals surface area contributed by atoms with Crippen LogP contribution in [-0.2, 0) is 4.79 Å². The smallest absolute Gasteiger partial charge is 0.223 e. The molecule has 0 saturated heterocycles. The lowest BCUT2D eigenvalue weighted by Gasteiger charge is -2.28. The van der Waals surface area contributed by atoms with Crippen LogP contribution >= 0.6 is 0 Å². The minimum atomic E-state index is 0.227. The van der Waals surface area contributed by atoms with Gasteiger partial charge in [-0.3, -0.25) is 4.79 Å². The van der Waals surface area contributed by atoms with E-state index in [0.29, 0.717) is 6.42 Å². The summed E-state index contributed by atoms with van der Waals surface area (Å²) in [5.41, 5.74) is 7.65. The van der Waals surface area contributed by atoms with Gasteiger partial charge in [0.05, 0.1) is 0 Å². The molecular weight excluding hydrogens is 260 g/mol. The molecule has 1 unspecified atom stereocenters. The number of anilines is 1. The number of carbonyl (C=O) groups is 1. The van der Waals surface area contributed by atoms with Gasteiger partial charge in [0.15, 0.2) is 0 Å². The third-order valence-electron chi connectivity index (χ3n) is 3.93. The first-order chi connectivity index (χ1) is 9.95. The van der Waals surface area contributed by atoms with E-state index in [9.17, 15) is 4.79 Å². The van der Waals surface area contributed by atoms with Gasteiger partial charge in [-0.1, -0.05) is 38.8 Å². The summed E-state index contributed by atoms with van der Waals surface area (Å²) in [5.74, 6) is 0.482. The Morgan fingerprint density at radius 1 is 1.14 bits per heavy atom. The molecule has 2 N–H and O–H groups in total. The normalized spacial score (nSPS) is 12.4. The van der Waals surface area contributed by atoms with E-state index in [0.717, 1.165) is 18.7 Å². The van der Waals surface area contributed by atoms with Gasteiger partial charge in [0.2, 0.25) is 5.91 Å². The lowest BCUT2D eigenvalue weighted by atomic mass is 9.96. The van der Waals surface area contributed by atoms with E-state index in [1.165, 1.54) is 18.4 Å². The van der Waals surface area contributed by atoms with Crippen LogP contribution in [0.3, 0.4) is 0 Å². The van der Waals surface area contributed by atoms with E-state index >= 15 is 0 Å². The first kappa shape index (κ1) is 17.5. The van der Waals surface area contributed by atoms with Gasteiger partial charge in [0.25, 0.3) is 0 Å².